The SMILES string of the molecule is c1csc(-c2nc(-c3nc(-c4cccs4)c(-c4cccs4)c4ccccc34)c3ccccc3c2-c2cccs2)c1. The molecule has 0 aliphatic rings. The average Bonchev–Trinajstić information content (AvgIpc) is 3.84. The quantitative estimate of drug-likeness (QED) is 0.201. The Balaban J connectivity index is 1.53. The van der Waals surface area contributed by atoms with Crippen molar-refractivity contribution in [2.45, 2.75) is 0 Å². The van der Waals surface area contributed by atoms with Crippen LogP contribution >= 0.6 is 45.3 Å². The van der Waals surface area contributed by atoms with E-state index < -0.39 is 0 Å². The summed E-state index contributed by atoms with van der Waals surface area (Å²) < 4.78 is 0. The van der Waals surface area contributed by atoms with E-state index in [0.717, 1.165) is 43.3 Å². The number of benzene rings is 2. The third-order valence-corrected chi connectivity index (χ3v) is 10.6. The van der Waals surface area contributed by atoms with Crippen molar-refractivity contribution >= 4 is 66.9 Å². The highest BCUT2D eigenvalue weighted by Gasteiger charge is 2.24. The van der Waals surface area contributed by atoms with Crippen molar-refractivity contribution in [3.05, 3.63) is 119 Å². The van der Waals surface area contributed by atoms with Gasteiger partial charge in [0.15, 0.2) is 0 Å². The zero-order valence-corrected chi connectivity index (χ0v) is 24.3. The third kappa shape index (κ3) is 3.87. The van der Waals surface area contributed by atoms with Crippen LogP contribution in [-0.4, -0.2) is 9.97 Å². The van der Waals surface area contributed by atoms with Crippen LogP contribution in [0.2, 0.25) is 0 Å². The topological polar surface area (TPSA) is 25.8 Å². The number of thiophene rings is 4. The zero-order chi connectivity index (χ0) is 26.5. The molecule has 0 fully saturated rings. The van der Waals surface area contributed by atoms with Gasteiger partial charge < -0.3 is 0 Å². The van der Waals surface area contributed by atoms with Crippen LogP contribution in [0.3, 0.4) is 0 Å². The lowest BCUT2D eigenvalue weighted by Gasteiger charge is -2.18. The maximum Gasteiger partial charge on any atom is 0.0979 e. The number of pyridine rings is 2. The first-order valence-corrected chi connectivity index (χ1v) is 16.4. The molecule has 2 aromatic carbocycles. The van der Waals surface area contributed by atoms with Crippen molar-refractivity contribution < 1.29 is 0 Å². The summed E-state index contributed by atoms with van der Waals surface area (Å²) in [5, 5.41) is 13.2. The molecule has 6 aromatic heterocycles. The first-order valence-electron chi connectivity index (χ1n) is 12.9. The second-order valence-electron chi connectivity index (χ2n) is 9.37. The van der Waals surface area contributed by atoms with Crippen molar-refractivity contribution in [2.24, 2.45) is 0 Å². The highest BCUT2D eigenvalue weighted by molar-refractivity contribution is 7.15. The van der Waals surface area contributed by atoms with Crippen molar-refractivity contribution in [1.82, 2.24) is 9.97 Å². The van der Waals surface area contributed by atoms with Crippen LogP contribution in [0.15, 0.2) is 119 Å². The number of fused-ring (bicyclic) bond motifs is 2. The Labute approximate surface area is 247 Å². The van der Waals surface area contributed by atoms with Crippen molar-refractivity contribution in [2.75, 3.05) is 0 Å². The van der Waals surface area contributed by atoms with Gasteiger partial charge >= 0.3 is 0 Å². The standard InChI is InChI=1S/C34H20N2S4/c1-3-11-23-21(9-1)29(25-13-5-17-37-25)33(27-15-7-19-39-27)35-31(23)32-24-12-4-2-10-22(24)30(26-14-6-18-38-26)34(36-32)28-16-8-20-40-28/h1-20H. The summed E-state index contributed by atoms with van der Waals surface area (Å²) in [6.45, 7) is 0. The molecule has 8 rings (SSSR count). The Bertz CT molecular complexity index is 1930. The number of aromatic nitrogens is 2. The Morgan fingerprint density at radius 2 is 0.675 bits per heavy atom. The fraction of sp³-hybridized carbons (Fsp3) is 0. The molecule has 8 aromatic rings. The van der Waals surface area contributed by atoms with Crippen LogP contribution in [0.5, 0.6) is 0 Å². The normalized spacial score (nSPS) is 11.5. The minimum atomic E-state index is 0.922. The van der Waals surface area contributed by atoms with Gasteiger partial charge in [0.05, 0.1) is 32.5 Å². The van der Waals surface area contributed by atoms with Crippen LogP contribution in [0.1, 0.15) is 0 Å². The predicted octanol–water partition coefficient (Wildman–Crippen LogP) is 11.4. The Kier molecular flexibility index (Phi) is 5.92. The Morgan fingerprint density at radius 1 is 0.325 bits per heavy atom. The molecule has 40 heavy (non-hydrogen) atoms. The van der Waals surface area contributed by atoms with Crippen LogP contribution < -0.4 is 0 Å². The largest absolute Gasteiger partial charge is 0.244 e. The summed E-state index contributed by atoms with van der Waals surface area (Å²) >= 11 is 6.98. The first-order chi connectivity index (χ1) is 19.9. The van der Waals surface area contributed by atoms with E-state index in [9.17, 15) is 0 Å². The van der Waals surface area contributed by atoms with Crippen molar-refractivity contribution in [3.63, 3.8) is 0 Å². The predicted molar refractivity (Wildman–Crippen MR) is 176 cm³/mol. The molecule has 0 atom stereocenters. The zero-order valence-electron chi connectivity index (χ0n) is 21.1. The molecule has 0 saturated heterocycles. The second kappa shape index (κ2) is 9.91. The van der Waals surface area contributed by atoms with Gasteiger partial charge in [-0.15, -0.1) is 45.3 Å². The molecule has 0 saturated carbocycles. The number of hydrogen-bond acceptors (Lipinski definition) is 6. The molecular formula is C34H20N2S4. The minimum Gasteiger partial charge on any atom is -0.244 e. The summed E-state index contributed by atoms with van der Waals surface area (Å²) in [5.74, 6) is 0. The molecule has 190 valence electrons. The van der Waals surface area contributed by atoms with Gasteiger partial charge in [-0.2, -0.15) is 0 Å². The van der Waals surface area contributed by atoms with E-state index in [-0.39, 0.29) is 0 Å². The molecular weight excluding hydrogens is 565 g/mol. The fourth-order valence-corrected chi connectivity index (χ4v) is 8.42. The van der Waals surface area contributed by atoms with Gasteiger partial charge in [0, 0.05) is 31.7 Å². The van der Waals surface area contributed by atoms with Gasteiger partial charge in [0.1, 0.15) is 0 Å². The number of nitrogens with zero attached hydrogens (tertiary/aromatic N) is 2. The second-order valence-corrected chi connectivity index (χ2v) is 13.2. The molecule has 6 heterocycles. The van der Waals surface area contributed by atoms with Gasteiger partial charge in [-0.3, -0.25) is 0 Å². The molecule has 0 unspecified atom stereocenters. The molecule has 0 amide bonds. The van der Waals surface area contributed by atoms with Gasteiger partial charge in [-0.05, 0) is 56.6 Å². The van der Waals surface area contributed by atoms with Crippen LogP contribution in [0, 0.1) is 0 Å². The molecule has 0 aliphatic carbocycles. The molecule has 0 radical (unpaired) electrons. The van der Waals surface area contributed by atoms with E-state index in [1.807, 2.05) is 0 Å². The monoisotopic (exact) mass is 584 g/mol. The van der Waals surface area contributed by atoms with Crippen LogP contribution in [0.4, 0.5) is 0 Å². The van der Waals surface area contributed by atoms with Crippen LogP contribution in [0.25, 0.3) is 75.0 Å². The molecule has 0 aliphatic heterocycles. The summed E-state index contributed by atoms with van der Waals surface area (Å²) in [4.78, 5) is 15.8. The lowest BCUT2D eigenvalue weighted by atomic mass is 9.94. The highest BCUT2D eigenvalue weighted by atomic mass is 32.1. The first kappa shape index (κ1) is 23.9. The van der Waals surface area contributed by atoms with E-state index in [2.05, 4.69) is 119 Å². The van der Waals surface area contributed by atoms with E-state index in [1.165, 1.54) is 31.7 Å². The van der Waals surface area contributed by atoms with Crippen molar-refractivity contribution in [1.29, 1.82) is 0 Å². The van der Waals surface area contributed by atoms with Gasteiger partial charge in [0.25, 0.3) is 0 Å². The van der Waals surface area contributed by atoms with Crippen molar-refractivity contribution in [3.8, 4) is 53.4 Å². The molecule has 0 bridgehead atoms. The third-order valence-electron chi connectivity index (χ3n) is 7.09. The Morgan fingerprint density at radius 3 is 1.02 bits per heavy atom. The van der Waals surface area contributed by atoms with E-state index in [1.54, 1.807) is 45.3 Å². The fourth-order valence-electron chi connectivity index (χ4n) is 5.41. The average molecular weight is 585 g/mol. The molecule has 2 nitrogen and oxygen atoms in total. The maximum atomic E-state index is 5.50. The summed E-state index contributed by atoms with van der Waals surface area (Å²) in [6.07, 6.45) is 0. The maximum absolute atomic E-state index is 5.50. The van der Waals surface area contributed by atoms with Gasteiger partial charge in [-0.1, -0.05) is 72.8 Å². The smallest absolute Gasteiger partial charge is 0.0979 e. The summed E-state index contributed by atoms with van der Waals surface area (Å²) in [7, 11) is 0. The van der Waals surface area contributed by atoms with Gasteiger partial charge in [0.2, 0.25) is 0 Å². The van der Waals surface area contributed by atoms with Crippen LogP contribution in [-0.2, 0) is 0 Å². The molecule has 0 spiro atoms. The lowest BCUT2D eigenvalue weighted by Crippen LogP contribution is -1.99. The Hall–Kier alpha value is -3.94. The number of hydrogen-bond donors (Lipinski definition) is 0. The van der Waals surface area contributed by atoms with E-state index in [0.29, 0.717) is 0 Å². The summed E-state index contributed by atoms with van der Waals surface area (Å²) in [5.41, 5.74) is 6.25. The van der Waals surface area contributed by atoms with E-state index >= 15 is 0 Å². The van der Waals surface area contributed by atoms with E-state index in [4.69, 9.17) is 9.97 Å². The van der Waals surface area contributed by atoms with Gasteiger partial charge in [-0.25, -0.2) is 9.97 Å². The highest BCUT2D eigenvalue weighted by Crippen LogP contribution is 2.47. The number of rotatable bonds is 5. The minimum absolute atomic E-state index is 0.922. The molecule has 6 heteroatoms. The lowest BCUT2D eigenvalue weighted by molar-refractivity contribution is 1.30. The summed E-state index contributed by atoms with van der Waals surface area (Å²) in [6, 6.07) is 34.5. The molecule has 0 N–H and O–H groups in total.